The normalized spacial score (nSPS) is 11.7. The third-order valence-corrected chi connectivity index (χ3v) is 4.09. The van der Waals surface area contributed by atoms with Crippen LogP contribution in [0.5, 0.6) is 0 Å². The van der Waals surface area contributed by atoms with Gasteiger partial charge in [0.2, 0.25) is 0 Å². The van der Waals surface area contributed by atoms with Crippen molar-refractivity contribution in [3.05, 3.63) is 65.2 Å². The zero-order chi connectivity index (χ0) is 14.6. The lowest BCUT2D eigenvalue weighted by Crippen LogP contribution is -2.18. The van der Waals surface area contributed by atoms with E-state index in [0.29, 0.717) is 0 Å². The number of hydrazone groups is 1. The van der Waals surface area contributed by atoms with Crippen molar-refractivity contribution in [2.45, 2.75) is 18.7 Å². The van der Waals surface area contributed by atoms with E-state index in [2.05, 4.69) is 9.93 Å². The molecule has 0 spiro atoms. The van der Waals surface area contributed by atoms with E-state index in [1.165, 1.54) is 18.3 Å². The molecule has 0 aromatic heterocycles. The molecule has 1 N–H and O–H groups in total. The molecular formula is C15H16N2O2S. The predicted octanol–water partition coefficient (Wildman–Crippen LogP) is 2.62. The second-order valence-corrected chi connectivity index (χ2v) is 6.19. The van der Waals surface area contributed by atoms with Crippen LogP contribution >= 0.6 is 0 Å². The molecule has 0 aliphatic heterocycles. The molecule has 0 atom stereocenters. The maximum Gasteiger partial charge on any atom is 0.276 e. The molecule has 0 heterocycles. The largest absolute Gasteiger partial charge is 0.276 e. The predicted molar refractivity (Wildman–Crippen MR) is 80.3 cm³/mol. The van der Waals surface area contributed by atoms with Crippen molar-refractivity contribution in [2.24, 2.45) is 5.10 Å². The summed E-state index contributed by atoms with van der Waals surface area (Å²) in [7, 11) is -3.60. The van der Waals surface area contributed by atoms with E-state index in [4.69, 9.17) is 0 Å². The first-order valence-electron chi connectivity index (χ1n) is 6.16. The van der Waals surface area contributed by atoms with Crippen LogP contribution in [-0.2, 0) is 10.0 Å². The molecule has 0 bridgehead atoms. The van der Waals surface area contributed by atoms with E-state index in [1.807, 2.05) is 32.0 Å². The number of aryl methyl sites for hydroxylation is 2. The molecule has 0 unspecified atom stereocenters. The Balaban J connectivity index is 2.14. The topological polar surface area (TPSA) is 58.5 Å². The number of nitrogens with one attached hydrogen (secondary N) is 1. The standard InChI is InChI=1S/C15H16N2O2S/c1-12-8-9-14(13(2)10-12)11-16-17-20(18,19)15-6-4-3-5-7-15/h3-11,17H,1-2H3/b16-11+. The zero-order valence-corrected chi connectivity index (χ0v) is 12.2. The summed E-state index contributed by atoms with van der Waals surface area (Å²) in [5, 5.41) is 3.82. The minimum atomic E-state index is -3.60. The van der Waals surface area contributed by atoms with Crippen molar-refractivity contribution in [3.63, 3.8) is 0 Å². The van der Waals surface area contributed by atoms with Gasteiger partial charge in [0.25, 0.3) is 10.0 Å². The van der Waals surface area contributed by atoms with Gasteiger partial charge in [-0.2, -0.15) is 13.5 Å². The molecule has 2 aromatic carbocycles. The maximum atomic E-state index is 11.9. The smallest absolute Gasteiger partial charge is 0.200 e. The highest BCUT2D eigenvalue weighted by Crippen LogP contribution is 2.09. The summed E-state index contributed by atoms with van der Waals surface area (Å²) in [6, 6.07) is 14.0. The van der Waals surface area contributed by atoms with Gasteiger partial charge in [-0.25, -0.2) is 4.83 Å². The Hall–Kier alpha value is -2.14. The van der Waals surface area contributed by atoms with Crippen molar-refractivity contribution >= 4 is 16.2 Å². The average Bonchev–Trinajstić information content (AvgIpc) is 2.42. The van der Waals surface area contributed by atoms with Gasteiger partial charge in [-0.3, -0.25) is 0 Å². The molecule has 20 heavy (non-hydrogen) atoms. The lowest BCUT2D eigenvalue weighted by Gasteiger charge is -2.04. The maximum absolute atomic E-state index is 11.9. The molecule has 0 radical (unpaired) electrons. The lowest BCUT2D eigenvalue weighted by molar-refractivity contribution is 0.584. The quantitative estimate of drug-likeness (QED) is 0.694. The second kappa shape index (κ2) is 5.88. The Bertz CT molecular complexity index is 723. The summed E-state index contributed by atoms with van der Waals surface area (Å²) in [5.41, 5.74) is 3.09. The molecule has 5 heteroatoms. The SMILES string of the molecule is Cc1ccc(/C=N/NS(=O)(=O)c2ccccc2)c(C)c1. The van der Waals surface area contributed by atoms with Crippen LogP contribution in [0.2, 0.25) is 0 Å². The fraction of sp³-hybridized carbons (Fsp3) is 0.133. The Morgan fingerprint density at radius 1 is 1.05 bits per heavy atom. The Kier molecular flexibility index (Phi) is 4.20. The molecule has 0 saturated carbocycles. The summed E-state index contributed by atoms with van der Waals surface area (Å²) in [6.45, 7) is 3.96. The summed E-state index contributed by atoms with van der Waals surface area (Å²) >= 11 is 0. The fourth-order valence-electron chi connectivity index (χ4n) is 1.79. The number of nitrogens with zero attached hydrogens (tertiary/aromatic N) is 1. The molecule has 2 rings (SSSR count). The third-order valence-electron chi connectivity index (χ3n) is 2.86. The Labute approximate surface area is 119 Å². The van der Waals surface area contributed by atoms with E-state index in [1.54, 1.807) is 18.2 Å². The molecule has 0 aliphatic rings. The number of rotatable bonds is 4. The van der Waals surface area contributed by atoms with Crippen LogP contribution < -0.4 is 4.83 Å². The first-order chi connectivity index (χ1) is 9.49. The molecule has 0 fully saturated rings. The highest BCUT2D eigenvalue weighted by atomic mass is 32.2. The van der Waals surface area contributed by atoms with E-state index in [-0.39, 0.29) is 4.90 Å². The second-order valence-electron chi connectivity index (χ2n) is 4.53. The van der Waals surface area contributed by atoms with Crippen LogP contribution in [0.25, 0.3) is 0 Å². The van der Waals surface area contributed by atoms with Crippen molar-refractivity contribution in [3.8, 4) is 0 Å². The van der Waals surface area contributed by atoms with Crippen LogP contribution in [0.1, 0.15) is 16.7 Å². The summed E-state index contributed by atoms with van der Waals surface area (Å²) in [6.07, 6.45) is 1.51. The molecule has 4 nitrogen and oxygen atoms in total. The van der Waals surface area contributed by atoms with Gasteiger partial charge < -0.3 is 0 Å². The van der Waals surface area contributed by atoms with Crippen molar-refractivity contribution in [2.75, 3.05) is 0 Å². The van der Waals surface area contributed by atoms with Gasteiger partial charge in [-0.05, 0) is 37.1 Å². The number of hydrogen-bond donors (Lipinski definition) is 1. The molecule has 0 amide bonds. The zero-order valence-electron chi connectivity index (χ0n) is 11.4. The van der Waals surface area contributed by atoms with Gasteiger partial charge in [0, 0.05) is 0 Å². The number of benzene rings is 2. The van der Waals surface area contributed by atoms with Crippen LogP contribution in [0, 0.1) is 13.8 Å². The monoisotopic (exact) mass is 288 g/mol. The lowest BCUT2D eigenvalue weighted by atomic mass is 10.1. The van der Waals surface area contributed by atoms with Crippen LogP contribution in [-0.4, -0.2) is 14.6 Å². The van der Waals surface area contributed by atoms with Gasteiger partial charge in [0.1, 0.15) is 0 Å². The molecule has 104 valence electrons. The van der Waals surface area contributed by atoms with E-state index in [0.717, 1.165) is 16.7 Å². The highest BCUT2D eigenvalue weighted by molar-refractivity contribution is 7.89. The first kappa shape index (κ1) is 14.3. The Morgan fingerprint density at radius 3 is 2.40 bits per heavy atom. The molecule has 0 saturated heterocycles. The summed E-state index contributed by atoms with van der Waals surface area (Å²) in [4.78, 5) is 2.40. The summed E-state index contributed by atoms with van der Waals surface area (Å²) < 4.78 is 23.9. The highest BCUT2D eigenvalue weighted by Gasteiger charge is 2.10. The van der Waals surface area contributed by atoms with E-state index in [9.17, 15) is 8.42 Å². The molecular weight excluding hydrogens is 272 g/mol. The minimum Gasteiger partial charge on any atom is -0.200 e. The summed E-state index contributed by atoms with van der Waals surface area (Å²) in [5.74, 6) is 0. The third kappa shape index (κ3) is 3.45. The van der Waals surface area contributed by atoms with E-state index < -0.39 is 10.0 Å². The molecule has 0 aliphatic carbocycles. The molecule has 2 aromatic rings. The van der Waals surface area contributed by atoms with Crippen molar-refractivity contribution < 1.29 is 8.42 Å². The van der Waals surface area contributed by atoms with Gasteiger partial charge in [-0.1, -0.05) is 42.0 Å². The number of sulfonamides is 1. The minimum absolute atomic E-state index is 0.192. The van der Waals surface area contributed by atoms with Gasteiger partial charge in [-0.15, -0.1) is 0 Å². The first-order valence-corrected chi connectivity index (χ1v) is 7.64. The fourth-order valence-corrected chi connectivity index (χ4v) is 2.60. The number of hydrogen-bond acceptors (Lipinski definition) is 3. The van der Waals surface area contributed by atoms with Crippen molar-refractivity contribution in [1.29, 1.82) is 0 Å². The van der Waals surface area contributed by atoms with Crippen LogP contribution in [0.15, 0.2) is 58.5 Å². The van der Waals surface area contributed by atoms with Gasteiger partial charge >= 0.3 is 0 Å². The Morgan fingerprint density at radius 2 is 1.75 bits per heavy atom. The average molecular weight is 288 g/mol. The van der Waals surface area contributed by atoms with Crippen molar-refractivity contribution in [1.82, 2.24) is 4.83 Å². The van der Waals surface area contributed by atoms with Crippen LogP contribution in [0.3, 0.4) is 0 Å². The van der Waals surface area contributed by atoms with Gasteiger partial charge in [0.05, 0.1) is 11.1 Å². The van der Waals surface area contributed by atoms with E-state index >= 15 is 0 Å². The van der Waals surface area contributed by atoms with Gasteiger partial charge in [0.15, 0.2) is 0 Å². The van der Waals surface area contributed by atoms with Crippen LogP contribution in [0.4, 0.5) is 0 Å².